The maximum absolute atomic E-state index is 9.02. The Morgan fingerprint density at radius 1 is 1.33 bits per heavy atom. The van der Waals surface area contributed by atoms with Crippen molar-refractivity contribution in [2.45, 2.75) is 40.2 Å². The summed E-state index contributed by atoms with van der Waals surface area (Å²) < 4.78 is 5.81. The van der Waals surface area contributed by atoms with Crippen molar-refractivity contribution in [3.05, 3.63) is 27.7 Å². The molecule has 0 saturated carbocycles. The fourth-order valence-corrected chi connectivity index (χ4v) is 2.36. The molecule has 0 heterocycles. The highest BCUT2D eigenvalue weighted by molar-refractivity contribution is 6.35. The van der Waals surface area contributed by atoms with Gasteiger partial charge in [0, 0.05) is 17.1 Å². The number of rotatable bonds is 8. The zero-order chi connectivity index (χ0) is 15.9. The molecule has 1 aromatic carbocycles. The van der Waals surface area contributed by atoms with Gasteiger partial charge in [0.15, 0.2) is 0 Å². The van der Waals surface area contributed by atoms with E-state index in [1.807, 2.05) is 19.9 Å². The number of ether oxygens (including phenoxy) is 1. The molecule has 1 rings (SSSR count). The van der Waals surface area contributed by atoms with E-state index in [4.69, 9.17) is 33.2 Å². The number of nitriles is 1. The van der Waals surface area contributed by atoms with Gasteiger partial charge < -0.3 is 10.1 Å². The van der Waals surface area contributed by atoms with Crippen LogP contribution in [0.5, 0.6) is 5.75 Å². The van der Waals surface area contributed by atoms with E-state index >= 15 is 0 Å². The van der Waals surface area contributed by atoms with Gasteiger partial charge in [0.25, 0.3) is 0 Å². The summed E-state index contributed by atoms with van der Waals surface area (Å²) in [5, 5.41) is 13.4. The average molecular weight is 329 g/mol. The second kappa shape index (κ2) is 8.48. The van der Waals surface area contributed by atoms with Crippen LogP contribution in [0, 0.1) is 16.7 Å². The van der Waals surface area contributed by atoms with Crippen LogP contribution in [0.4, 0.5) is 0 Å². The second-order valence-corrected chi connectivity index (χ2v) is 6.49. The quantitative estimate of drug-likeness (QED) is 0.696. The lowest BCUT2D eigenvalue weighted by atomic mass is 9.92. The summed E-state index contributed by atoms with van der Waals surface area (Å²) >= 11 is 12.3. The normalized spacial score (nSPS) is 11.2. The lowest BCUT2D eigenvalue weighted by molar-refractivity contribution is 0.262. The summed E-state index contributed by atoms with van der Waals surface area (Å²) in [7, 11) is 0. The van der Waals surface area contributed by atoms with Crippen molar-refractivity contribution >= 4 is 23.2 Å². The van der Waals surface area contributed by atoms with Crippen molar-refractivity contribution in [3.8, 4) is 11.8 Å². The Labute approximate surface area is 137 Å². The number of nitrogens with one attached hydrogen (secondary N) is 1. The SMILES string of the molecule is CCCNCc1cc(Cl)cc(Cl)c1OCCC(C)(C)C#N. The molecule has 0 bridgehead atoms. The largest absolute Gasteiger partial charge is 0.492 e. The van der Waals surface area contributed by atoms with Crippen molar-refractivity contribution in [2.24, 2.45) is 5.41 Å². The molecular weight excluding hydrogens is 307 g/mol. The van der Waals surface area contributed by atoms with E-state index < -0.39 is 5.41 Å². The molecule has 0 aliphatic carbocycles. The molecule has 0 amide bonds. The fourth-order valence-electron chi connectivity index (χ4n) is 1.77. The molecule has 116 valence electrons. The van der Waals surface area contributed by atoms with E-state index in [1.54, 1.807) is 6.07 Å². The summed E-state index contributed by atoms with van der Waals surface area (Å²) in [4.78, 5) is 0. The Balaban J connectivity index is 2.77. The smallest absolute Gasteiger partial charge is 0.142 e. The Morgan fingerprint density at radius 2 is 2.05 bits per heavy atom. The molecule has 0 saturated heterocycles. The molecule has 0 fully saturated rings. The molecule has 0 aliphatic rings. The maximum Gasteiger partial charge on any atom is 0.142 e. The molecule has 5 heteroatoms. The molecular formula is C16H22Cl2N2O. The number of hydrogen-bond donors (Lipinski definition) is 1. The van der Waals surface area contributed by atoms with Gasteiger partial charge in [0.1, 0.15) is 5.75 Å². The summed E-state index contributed by atoms with van der Waals surface area (Å²) in [6.07, 6.45) is 1.70. The highest BCUT2D eigenvalue weighted by Gasteiger charge is 2.18. The minimum Gasteiger partial charge on any atom is -0.492 e. The lowest BCUT2D eigenvalue weighted by Gasteiger charge is -2.18. The first-order valence-corrected chi connectivity index (χ1v) is 7.88. The zero-order valence-electron chi connectivity index (χ0n) is 12.8. The molecule has 3 nitrogen and oxygen atoms in total. The molecule has 0 atom stereocenters. The van der Waals surface area contributed by atoms with Gasteiger partial charge in [0.2, 0.25) is 0 Å². The van der Waals surface area contributed by atoms with Gasteiger partial charge in [-0.05, 0) is 45.4 Å². The standard InChI is InChI=1S/C16H22Cl2N2O/c1-4-6-20-10-12-8-13(17)9-14(18)15(12)21-7-5-16(2,3)11-19/h8-9,20H,4-7,10H2,1-3H3. The molecule has 0 aliphatic heterocycles. The molecule has 0 aromatic heterocycles. The minimum atomic E-state index is -0.403. The van der Waals surface area contributed by atoms with Crippen molar-refractivity contribution in [2.75, 3.05) is 13.2 Å². The van der Waals surface area contributed by atoms with E-state index in [0.29, 0.717) is 35.4 Å². The maximum atomic E-state index is 9.02. The van der Waals surface area contributed by atoms with Crippen LogP contribution in [0.2, 0.25) is 10.0 Å². The van der Waals surface area contributed by atoms with Crippen molar-refractivity contribution < 1.29 is 4.74 Å². The van der Waals surface area contributed by atoms with E-state index in [9.17, 15) is 0 Å². The van der Waals surface area contributed by atoms with E-state index in [2.05, 4.69) is 18.3 Å². The summed E-state index contributed by atoms with van der Waals surface area (Å²) in [5.74, 6) is 0.651. The van der Waals surface area contributed by atoms with Crippen molar-refractivity contribution in [3.63, 3.8) is 0 Å². The van der Waals surface area contributed by atoms with Crippen LogP contribution in [0.25, 0.3) is 0 Å². The van der Waals surface area contributed by atoms with Gasteiger partial charge in [0.05, 0.1) is 23.1 Å². The first-order chi connectivity index (χ1) is 9.89. The van der Waals surface area contributed by atoms with Gasteiger partial charge in [-0.2, -0.15) is 5.26 Å². The molecule has 0 spiro atoms. The summed E-state index contributed by atoms with van der Waals surface area (Å²) in [5.41, 5.74) is 0.537. The van der Waals surface area contributed by atoms with E-state index in [-0.39, 0.29) is 0 Å². The predicted molar refractivity (Wildman–Crippen MR) is 88.0 cm³/mol. The van der Waals surface area contributed by atoms with Crippen LogP contribution in [-0.2, 0) is 6.54 Å². The monoisotopic (exact) mass is 328 g/mol. The Hall–Kier alpha value is -0.950. The van der Waals surface area contributed by atoms with Crippen LogP contribution in [0.15, 0.2) is 12.1 Å². The van der Waals surface area contributed by atoms with Gasteiger partial charge in [-0.3, -0.25) is 0 Å². The fraction of sp³-hybridized carbons (Fsp3) is 0.562. The predicted octanol–water partition coefficient (Wildman–Crippen LogP) is 4.81. The third kappa shape index (κ3) is 6.13. The minimum absolute atomic E-state index is 0.403. The van der Waals surface area contributed by atoms with E-state index in [0.717, 1.165) is 18.5 Å². The average Bonchev–Trinajstić information content (AvgIpc) is 2.41. The van der Waals surface area contributed by atoms with E-state index in [1.165, 1.54) is 0 Å². The molecule has 0 radical (unpaired) electrons. The number of halogens is 2. The Kier molecular flexibility index (Phi) is 7.31. The number of benzene rings is 1. The zero-order valence-corrected chi connectivity index (χ0v) is 14.3. The topological polar surface area (TPSA) is 45.0 Å². The van der Waals surface area contributed by atoms with Gasteiger partial charge >= 0.3 is 0 Å². The lowest BCUT2D eigenvalue weighted by Crippen LogP contribution is -2.16. The summed E-state index contributed by atoms with van der Waals surface area (Å²) in [6, 6.07) is 5.80. The van der Waals surface area contributed by atoms with Crippen LogP contribution in [-0.4, -0.2) is 13.2 Å². The Morgan fingerprint density at radius 3 is 2.67 bits per heavy atom. The molecule has 1 N–H and O–H groups in total. The number of hydrogen-bond acceptors (Lipinski definition) is 3. The highest BCUT2D eigenvalue weighted by Crippen LogP contribution is 2.33. The van der Waals surface area contributed by atoms with Crippen LogP contribution < -0.4 is 10.1 Å². The molecule has 0 unspecified atom stereocenters. The second-order valence-electron chi connectivity index (χ2n) is 5.65. The van der Waals surface area contributed by atoms with Gasteiger partial charge in [-0.15, -0.1) is 0 Å². The van der Waals surface area contributed by atoms with Crippen LogP contribution in [0.1, 0.15) is 39.2 Å². The number of nitrogens with zero attached hydrogens (tertiary/aromatic N) is 1. The third-order valence-corrected chi connectivity index (χ3v) is 3.60. The highest BCUT2D eigenvalue weighted by atomic mass is 35.5. The Bertz CT molecular complexity index is 510. The molecule has 1 aromatic rings. The first kappa shape index (κ1) is 18.1. The summed E-state index contributed by atoms with van der Waals surface area (Å²) in [6.45, 7) is 7.92. The van der Waals surface area contributed by atoms with Crippen molar-refractivity contribution in [1.82, 2.24) is 5.32 Å². The van der Waals surface area contributed by atoms with Gasteiger partial charge in [-0.1, -0.05) is 30.1 Å². The first-order valence-electron chi connectivity index (χ1n) is 7.12. The van der Waals surface area contributed by atoms with Crippen molar-refractivity contribution in [1.29, 1.82) is 5.26 Å². The van der Waals surface area contributed by atoms with Crippen LogP contribution in [0.3, 0.4) is 0 Å². The molecule has 21 heavy (non-hydrogen) atoms. The van der Waals surface area contributed by atoms with Gasteiger partial charge in [-0.25, -0.2) is 0 Å². The van der Waals surface area contributed by atoms with Crippen LogP contribution >= 0.6 is 23.2 Å². The third-order valence-electron chi connectivity index (χ3n) is 3.10.